The second-order valence-electron chi connectivity index (χ2n) is 5.44. The minimum absolute atomic E-state index is 0.222. The van der Waals surface area contributed by atoms with E-state index in [2.05, 4.69) is 16.4 Å². The number of alkyl halides is 2. The standard InChI is InChI=1S/C13H15F2N3/c14-11(15)13-3-6-18-10(9(13)7-13)12(8-16)1-4-17-5-2-12/h3,6,9,11,17H,1-2,4-5,7H2. The maximum atomic E-state index is 13.1. The highest BCUT2D eigenvalue weighted by molar-refractivity contribution is 5.99. The molecule has 0 aromatic rings. The van der Waals surface area contributed by atoms with Gasteiger partial charge < -0.3 is 5.32 Å². The summed E-state index contributed by atoms with van der Waals surface area (Å²) in [5, 5.41) is 12.7. The number of hydrogen-bond donors (Lipinski definition) is 1. The Bertz CT molecular complexity index is 457. The minimum Gasteiger partial charge on any atom is -0.317 e. The maximum Gasteiger partial charge on any atom is 0.248 e. The molecule has 5 heteroatoms. The monoisotopic (exact) mass is 251 g/mol. The van der Waals surface area contributed by atoms with Crippen molar-refractivity contribution in [3.63, 3.8) is 0 Å². The van der Waals surface area contributed by atoms with Crippen LogP contribution in [0.2, 0.25) is 0 Å². The van der Waals surface area contributed by atoms with Gasteiger partial charge in [-0.25, -0.2) is 8.78 Å². The van der Waals surface area contributed by atoms with Crippen LogP contribution in [-0.2, 0) is 0 Å². The highest BCUT2D eigenvalue weighted by Gasteiger charge is 2.65. The van der Waals surface area contributed by atoms with Crippen LogP contribution in [0.5, 0.6) is 0 Å². The first-order chi connectivity index (χ1) is 8.65. The number of aliphatic imine (C=N–C) groups is 1. The number of nitrogens with one attached hydrogen (secondary N) is 1. The van der Waals surface area contributed by atoms with Crippen molar-refractivity contribution < 1.29 is 8.78 Å². The first-order valence-electron chi connectivity index (χ1n) is 6.31. The number of hydrogen-bond acceptors (Lipinski definition) is 3. The van der Waals surface area contributed by atoms with Crippen LogP contribution in [0.25, 0.3) is 0 Å². The Balaban J connectivity index is 1.92. The van der Waals surface area contributed by atoms with Gasteiger partial charge in [-0.1, -0.05) is 6.08 Å². The number of nitriles is 1. The SMILES string of the molecule is N#CC1(C2=NC=CC3(C(F)F)CC23)CCNCC1. The minimum atomic E-state index is -2.36. The number of allylic oxidation sites excluding steroid dienone is 1. The van der Waals surface area contributed by atoms with Crippen LogP contribution in [0.4, 0.5) is 8.78 Å². The lowest BCUT2D eigenvalue weighted by Gasteiger charge is -2.34. The Kier molecular flexibility index (Phi) is 2.53. The topological polar surface area (TPSA) is 48.2 Å². The highest BCUT2D eigenvalue weighted by atomic mass is 19.3. The van der Waals surface area contributed by atoms with E-state index in [4.69, 9.17) is 0 Å². The van der Waals surface area contributed by atoms with Gasteiger partial charge >= 0.3 is 0 Å². The molecule has 96 valence electrons. The molecule has 2 atom stereocenters. The second-order valence-corrected chi connectivity index (χ2v) is 5.44. The second kappa shape index (κ2) is 3.86. The third-order valence-electron chi connectivity index (χ3n) is 4.54. The molecular weight excluding hydrogens is 236 g/mol. The number of halogens is 2. The van der Waals surface area contributed by atoms with E-state index in [0.717, 1.165) is 13.1 Å². The summed E-state index contributed by atoms with van der Waals surface area (Å²) < 4.78 is 26.2. The van der Waals surface area contributed by atoms with E-state index >= 15 is 0 Å². The van der Waals surface area contributed by atoms with E-state index < -0.39 is 17.3 Å². The van der Waals surface area contributed by atoms with Crippen molar-refractivity contribution in [3.05, 3.63) is 12.3 Å². The van der Waals surface area contributed by atoms with Crippen molar-refractivity contribution in [1.29, 1.82) is 5.26 Å². The van der Waals surface area contributed by atoms with Crippen molar-refractivity contribution in [3.8, 4) is 6.07 Å². The average Bonchev–Trinajstić information content (AvgIpc) is 3.15. The van der Waals surface area contributed by atoms with Gasteiger partial charge in [0, 0.05) is 17.8 Å². The molecule has 1 saturated heterocycles. The number of nitrogens with zero attached hydrogens (tertiary/aromatic N) is 2. The molecule has 2 fully saturated rings. The molecule has 18 heavy (non-hydrogen) atoms. The molecule has 3 rings (SSSR count). The summed E-state index contributed by atoms with van der Waals surface area (Å²) in [7, 11) is 0. The third-order valence-corrected chi connectivity index (χ3v) is 4.54. The fourth-order valence-electron chi connectivity index (χ4n) is 3.23. The molecule has 0 aromatic heterocycles. The summed E-state index contributed by atoms with van der Waals surface area (Å²) in [6.07, 6.45) is 2.43. The first-order valence-corrected chi connectivity index (χ1v) is 6.31. The molecule has 0 amide bonds. The van der Waals surface area contributed by atoms with Gasteiger partial charge in [-0.15, -0.1) is 0 Å². The Labute approximate surface area is 105 Å². The van der Waals surface area contributed by atoms with Crippen molar-refractivity contribution in [2.75, 3.05) is 13.1 Å². The molecule has 1 N–H and O–H groups in total. The zero-order valence-corrected chi connectivity index (χ0v) is 10.00. The van der Waals surface area contributed by atoms with E-state index in [9.17, 15) is 14.0 Å². The molecule has 0 bridgehead atoms. The van der Waals surface area contributed by atoms with Gasteiger partial charge in [0.2, 0.25) is 6.43 Å². The Morgan fingerprint density at radius 1 is 1.44 bits per heavy atom. The molecule has 0 radical (unpaired) electrons. The van der Waals surface area contributed by atoms with Crippen LogP contribution < -0.4 is 5.32 Å². The zero-order valence-electron chi connectivity index (χ0n) is 10.00. The van der Waals surface area contributed by atoms with Gasteiger partial charge in [0.05, 0.1) is 16.9 Å². The molecular formula is C13H15F2N3. The number of piperidine rings is 1. The third kappa shape index (κ3) is 1.45. The van der Waals surface area contributed by atoms with Crippen LogP contribution >= 0.6 is 0 Å². The van der Waals surface area contributed by atoms with Gasteiger partial charge in [0.15, 0.2) is 0 Å². The Morgan fingerprint density at radius 2 is 2.17 bits per heavy atom. The predicted molar refractivity (Wildman–Crippen MR) is 63.3 cm³/mol. The normalized spacial score (nSPS) is 36.8. The van der Waals surface area contributed by atoms with Crippen molar-refractivity contribution in [2.24, 2.45) is 21.7 Å². The molecule has 3 aliphatic rings. The van der Waals surface area contributed by atoms with Crippen molar-refractivity contribution in [1.82, 2.24) is 5.32 Å². The Hall–Kier alpha value is -1.28. The van der Waals surface area contributed by atoms with Gasteiger partial charge in [-0.2, -0.15) is 5.26 Å². The summed E-state index contributed by atoms with van der Waals surface area (Å²) in [6, 6.07) is 2.35. The van der Waals surface area contributed by atoms with E-state index in [1.54, 1.807) is 0 Å². The summed E-state index contributed by atoms with van der Waals surface area (Å²) in [5.41, 5.74) is -0.947. The number of rotatable bonds is 2. The van der Waals surface area contributed by atoms with Crippen LogP contribution in [0, 0.1) is 28.1 Å². The maximum absolute atomic E-state index is 13.1. The summed E-state index contributed by atoms with van der Waals surface area (Å²) in [5.74, 6) is -0.222. The average molecular weight is 251 g/mol. The van der Waals surface area contributed by atoms with Crippen molar-refractivity contribution in [2.45, 2.75) is 25.7 Å². The van der Waals surface area contributed by atoms with Crippen LogP contribution in [0.1, 0.15) is 19.3 Å². The highest BCUT2D eigenvalue weighted by Crippen LogP contribution is 2.62. The molecule has 0 spiro atoms. The van der Waals surface area contributed by atoms with E-state index in [0.29, 0.717) is 25.0 Å². The molecule has 0 aromatic carbocycles. The molecule has 2 heterocycles. The van der Waals surface area contributed by atoms with E-state index in [1.807, 2.05) is 0 Å². The molecule has 2 unspecified atom stereocenters. The first kappa shape index (κ1) is 11.8. The van der Waals surface area contributed by atoms with E-state index in [-0.39, 0.29) is 5.92 Å². The fraction of sp³-hybridized carbons (Fsp3) is 0.692. The van der Waals surface area contributed by atoms with Crippen LogP contribution in [0.15, 0.2) is 17.3 Å². The molecule has 1 saturated carbocycles. The lowest BCUT2D eigenvalue weighted by Crippen LogP contribution is -2.43. The van der Waals surface area contributed by atoms with Crippen LogP contribution in [-0.4, -0.2) is 25.2 Å². The number of fused-ring (bicyclic) bond motifs is 1. The summed E-state index contributed by atoms with van der Waals surface area (Å²) in [6.45, 7) is 1.51. The zero-order chi connectivity index (χ0) is 12.8. The van der Waals surface area contributed by atoms with Gasteiger partial charge in [0.25, 0.3) is 0 Å². The molecule has 1 aliphatic carbocycles. The largest absolute Gasteiger partial charge is 0.317 e. The molecule has 2 aliphatic heterocycles. The summed E-state index contributed by atoms with van der Waals surface area (Å²) in [4.78, 5) is 4.30. The lowest BCUT2D eigenvalue weighted by atomic mass is 9.72. The summed E-state index contributed by atoms with van der Waals surface area (Å²) >= 11 is 0. The quantitative estimate of drug-likeness (QED) is 0.817. The molecule has 3 nitrogen and oxygen atoms in total. The predicted octanol–water partition coefficient (Wildman–Crippen LogP) is 2.12. The van der Waals surface area contributed by atoms with Gasteiger partial charge in [-0.3, -0.25) is 4.99 Å². The van der Waals surface area contributed by atoms with Gasteiger partial charge in [-0.05, 0) is 32.4 Å². The van der Waals surface area contributed by atoms with E-state index in [1.165, 1.54) is 12.3 Å². The smallest absolute Gasteiger partial charge is 0.248 e. The van der Waals surface area contributed by atoms with Crippen LogP contribution in [0.3, 0.4) is 0 Å². The Morgan fingerprint density at radius 3 is 2.78 bits per heavy atom. The lowest BCUT2D eigenvalue weighted by molar-refractivity contribution is 0.0819. The fourth-order valence-corrected chi connectivity index (χ4v) is 3.23. The van der Waals surface area contributed by atoms with Crippen molar-refractivity contribution >= 4 is 5.71 Å². The van der Waals surface area contributed by atoms with Gasteiger partial charge in [0.1, 0.15) is 0 Å².